The number of carboxylic acid groups (broad SMARTS) is 1. The highest BCUT2D eigenvalue weighted by atomic mass is 16.4. The summed E-state index contributed by atoms with van der Waals surface area (Å²) < 4.78 is 0. The Morgan fingerprint density at radius 3 is 2.70 bits per heavy atom. The predicted octanol–water partition coefficient (Wildman–Crippen LogP) is 2.26. The Hall–Kier alpha value is -2.14. The van der Waals surface area contributed by atoms with Crippen LogP contribution in [0, 0.1) is 0 Å². The Kier molecular flexibility index (Phi) is 3.06. The van der Waals surface area contributed by atoms with E-state index in [1.54, 1.807) is 0 Å². The Morgan fingerprint density at radius 1 is 1.35 bits per heavy atom. The van der Waals surface area contributed by atoms with Crippen LogP contribution in [-0.4, -0.2) is 33.3 Å². The average Bonchev–Trinajstić information content (AvgIpc) is 2.42. The van der Waals surface area contributed by atoms with Crippen molar-refractivity contribution in [3.63, 3.8) is 0 Å². The van der Waals surface area contributed by atoms with Crippen molar-refractivity contribution >= 4 is 22.6 Å². The highest BCUT2D eigenvalue weighted by Gasteiger charge is 2.37. The van der Waals surface area contributed by atoms with Gasteiger partial charge in [0.1, 0.15) is 5.56 Å². The zero-order chi connectivity index (χ0) is 14.2. The molecule has 1 aliphatic carbocycles. The topological polar surface area (TPSA) is 82.5 Å². The maximum atomic E-state index is 11.4. The third-order valence-electron chi connectivity index (χ3n) is 4.01. The van der Waals surface area contributed by atoms with Gasteiger partial charge in [-0.05, 0) is 25.3 Å². The standard InChI is InChI=1S/C15H16N2O3/c18-9-15(6-3-7-15)17-13-10-4-1-2-5-12(10)16-8-11(13)14(19)20/h1-2,4-5,8,18H,3,6-7,9H2,(H,16,17)(H,19,20). The van der Waals surface area contributed by atoms with Crippen LogP contribution in [0.25, 0.3) is 10.9 Å². The number of hydrogen-bond acceptors (Lipinski definition) is 4. The summed E-state index contributed by atoms with van der Waals surface area (Å²) in [7, 11) is 0. The van der Waals surface area contributed by atoms with Crippen LogP contribution in [0.15, 0.2) is 30.5 Å². The number of nitrogens with one attached hydrogen (secondary N) is 1. The van der Waals surface area contributed by atoms with Crippen molar-refractivity contribution < 1.29 is 15.0 Å². The van der Waals surface area contributed by atoms with Crippen LogP contribution in [0.3, 0.4) is 0 Å². The number of aliphatic hydroxyl groups is 1. The van der Waals surface area contributed by atoms with E-state index in [1.807, 2.05) is 24.3 Å². The van der Waals surface area contributed by atoms with Gasteiger partial charge in [-0.3, -0.25) is 4.98 Å². The Labute approximate surface area is 116 Å². The van der Waals surface area contributed by atoms with E-state index in [0.29, 0.717) is 5.69 Å². The molecule has 0 aliphatic heterocycles. The largest absolute Gasteiger partial charge is 0.478 e. The molecule has 0 unspecified atom stereocenters. The summed E-state index contributed by atoms with van der Waals surface area (Å²) >= 11 is 0. The molecule has 1 heterocycles. The van der Waals surface area contributed by atoms with Crippen LogP contribution >= 0.6 is 0 Å². The van der Waals surface area contributed by atoms with Gasteiger partial charge in [-0.15, -0.1) is 0 Å². The van der Waals surface area contributed by atoms with Crippen molar-refractivity contribution in [1.29, 1.82) is 0 Å². The molecule has 5 nitrogen and oxygen atoms in total. The van der Waals surface area contributed by atoms with Crippen molar-refractivity contribution in [2.45, 2.75) is 24.8 Å². The number of para-hydroxylation sites is 1. The number of carboxylic acids is 1. The van der Waals surface area contributed by atoms with Gasteiger partial charge in [-0.1, -0.05) is 18.2 Å². The molecule has 104 valence electrons. The van der Waals surface area contributed by atoms with Crippen LogP contribution in [-0.2, 0) is 0 Å². The summed E-state index contributed by atoms with van der Waals surface area (Å²) in [6.07, 6.45) is 4.11. The monoisotopic (exact) mass is 272 g/mol. The highest BCUT2D eigenvalue weighted by molar-refractivity contribution is 6.04. The number of fused-ring (bicyclic) bond motifs is 1. The van der Waals surface area contributed by atoms with Crippen LogP contribution < -0.4 is 5.32 Å². The second-order valence-corrected chi connectivity index (χ2v) is 5.29. The highest BCUT2D eigenvalue weighted by Crippen LogP contribution is 2.38. The molecule has 3 N–H and O–H groups in total. The minimum atomic E-state index is -1.02. The summed E-state index contributed by atoms with van der Waals surface area (Å²) in [4.78, 5) is 15.6. The molecule has 1 saturated carbocycles. The first-order valence-corrected chi connectivity index (χ1v) is 6.65. The van der Waals surface area contributed by atoms with Gasteiger partial charge in [0.25, 0.3) is 0 Å². The van der Waals surface area contributed by atoms with Gasteiger partial charge in [-0.2, -0.15) is 0 Å². The first-order valence-electron chi connectivity index (χ1n) is 6.65. The summed E-state index contributed by atoms with van der Waals surface area (Å²) in [5.74, 6) is -1.02. The van der Waals surface area contributed by atoms with Gasteiger partial charge in [0.2, 0.25) is 0 Å². The molecular weight excluding hydrogens is 256 g/mol. The van der Waals surface area contributed by atoms with Gasteiger partial charge >= 0.3 is 5.97 Å². The second kappa shape index (κ2) is 4.76. The van der Waals surface area contributed by atoms with E-state index in [-0.39, 0.29) is 12.2 Å². The summed E-state index contributed by atoms with van der Waals surface area (Å²) in [5.41, 5.74) is 1.04. The fraction of sp³-hybridized carbons (Fsp3) is 0.333. The quantitative estimate of drug-likeness (QED) is 0.795. The van der Waals surface area contributed by atoms with Crippen molar-refractivity contribution in [3.8, 4) is 0 Å². The van der Waals surface area contributed by atoms with Gasteiger partial charge in [0, 0.05) is 11.6 Å². The summed E-state index contributed by atoms with van der Waals surface area (Å²) in [5, 5.41) is 23.0. The molecule has 3 rings (SSSR count). The van der Waals surface area contributed by atoms with Gasteiger partial charge in [0.15, 0.2) is 0 Å². The van der Waals surface area contributed by atoms with Gasteiger partial charge in [-0.25, -0.2) is 4.79 Å². The molecule has 20 heavy (non-hydrogen) atoms. The number of rotatable bonds is 4. The first-order chi connectivity index (χ1) is 9.65. The molecule has 1 fully saturated rings. The number of pyridine rings is 1. The first kappa shape index (κ1) is 12.9. The Bertz CT molecular complexity index is 660. The number of benzene rings is 1. The summed E-state index contributed by atoms with van der Waals surface area (Å²) in [6, 6.07) is 7.41. The van der Waals surface area contributed by atoms with Gasteiger partial charge in [0.05, 0.1) is 23.3 Å². The molecule has 0 bridgehead atoms. The lowest BCUT2D eigenvalue weighted by molar-refractivity contribution is 0.0697. The molecule has 0 atom stereocenters. The minimum Gasteiger partial charge on any atom is -0.478 e. The zero-order valence-electron chi connectivity index (χ0n) is 11.0. The average molecular weight is 272 g/mol. The molecule has 1 aromatic carbocycles. The van der Waals surface area contributed by atoms with Crippen molar-refractivity contribution in [2.75, 3.05) is 11.9 Å². The van der Waals surface area contributed by atoms with E-state index in [9.17, 15) is 15.0 Å². The molecule has 1 aromatic heterocycles. The fourth-order valence-electron chi connectivity index (χ4n) is 2.63. The SMILES string of the molecule is O=C(O)c1cnc2ccccc2c1NC1(CO)CCC1. The molecule has 0 amide bonds. The number of carbonyl (C=O) groups is 1. The molecule has 0 radical (unpaired) electrons. The van der Waals surface area contributed by atoms with Crippen LogP contribution in [0.1, 0.15) is 29.6 Å². The number of aliphatic hydroxyl groups excluding tert-OH is 1. The minimum absolute atomic E-state index is 0.00269. The summed E-state index contributed by atoms with van der Waals surface area (Å²) in [6.45, 7) is 0.00269. The van der Waals surface area contributed by atoms with Crippen LogP contribution in [0.5, 0.6) is 0 Å². The normalized spacial score (nSPS) is 16.6. The van der Waals surface area contributed by atoms with E-state index in [4.69, 9.17) is 0 Å². The molecule has 1 aliphatic rings. The zero-order valence-corrected chi connectivity index (χ0v) is 11.0. The number of aromatic carboxylic acids is 1. The van der Waals surface area contributed by atoms with E-state index in [2.05, 4.69) is 10.3 Å². The van der Waals surface area contributed by atoms with Crippen molar-refractivity contribution in [2.24, 2.45) is 0 Å². The molecule has 2 aromatic rings. The number of hydrogen-bond donors (Lipinski definition) is 3. The second-order valence-electron chi connectivity index (χ2n) is 5.29. The third kappa shape index (κ3) is 2.00. The number of nitrogens with zero attached hydrogens (tertiary/aromatic N) is 1. The maximum Gasteiger partial charge on any atom is 0.339 e. The third-order valence-corrected chi connectivity index (χ3v) is 4.01. The molecule has 5 heteroatoms. The lowest BCUT2D eigenvalue weighted by Crippen LogP contribution is -2.48. The predicted molar refractivity (Wildman–Crippen MR) is 76.0 cm³/mol. The lowest BCUT2D eigenvalue weighted by Gasteiger charge is -2.42. The Morgan fingerprint density at radius 2 is 2.10 bits per heavy atom. The van der Waals surface area contributed by atoms with E-state index in [0.717, 1.165) is 30.2 Å². The number of aromatic nitrogens is 1. The fourth-order valence-corrected chi connectivity index (χ4v) is 2.63. The van der Waals surface area contributed by atoms with E-state index >= 15 is 0 Å². The van der Waals surface area contributed by atoms with E-state index in [1.165, 1.54) is 6.20 Å². The van der Waals surface area contributed by atoms with Crippen molar-refractivity contribution in [3.05, 3.63) is 36.0 Å². The van der Waals surface area contributed by atoms with Gasteiger partial charge < -0.3 is 15.5 Å². The van der Waals surface area contributed by atoms with Crippen LogP contribution in [0.2, 0.25) is 0 Å². The smallest absolute Gasteiger partial charge is 0.339 e. The number of anilines is 1. The molecular formula is C15H16N2O3. The lowest BCUT2D eigenvalue weighted by atomic mass is 9.77. The molecule has 0 saturated heterocycles. The molecule has 0 spiro atoms. The van der Waals surface area contributed by atoms with Crippen LogP contribution in [0.4, 0.5) is 5.69 Å². The van der Waals surface area contributed by atoms with E-state index < -0.39 is 11.5 Å². The maximum absolute atomic E-state index is 11.4. The Balaban J connectivity index is 2.14. The van der Waals surface area contributed by atoms with Crippen molar-refractivity contribution in [1.82, 2.24) is 4.98 Å².